The van der Waals surface area contributed by atoms with Crippen LogP contribution < -0.4 is 0 Å². The molecule has 0 aliphatic rings. The number of hydrogen-bond donors (Lipinski definition) is 0. The van der Waals surface area contributed by atoms with Gasteiger partial charge in [-0.05, 0) is 19.9 Å². The molecule has 0 atom stereocenters. The Morgan fingerprint density at radius 1 is 1.67 bits per heavy atom. The van der Waals surface area contributed by atoms with Gasteiger partial charge in [0.2, 0.25) is 0 Å². The van der Waals surface area contributed by atoms with Crippen molar-refractivity contribution in [2.45, 2.75) is 20.3 Å². The van der Waals surface area contributed by atoms with Crippen molar-refractivity contribution < 1.29 is 4.79 Å². The first-order valence-corrected chi connectivity index (χ1v) is 4.61. The van der Waals surface area contributed by atoms with E-state index >= 15 is 0 Å². The van der Waals surface area contributed by atoms with Gasteiger partial charge in [0, 0.05) is 17.5 Å². The number of rotatable bonds is 3. The second kappa shape index (κ2) is 4.16. The third-order valence-corrected chi connectivity index (χ3v) is 2.06. The van der Waals surface area contributed by atoms with Crippen molar-refractivity contribution in [1.82, 2.24) is 4.98 Å². The molecule has 64 valence electrons. The Kier molecular flexibility index (Phi) is 3.17. The summed E-state index contributed by atoms with van der Waals surface area (Å²) in [5.41, 5.74) is 2.79. The molecular weight excluding hydrogens is 170 g/mol. The SMILES string of the molecule is CC(C)=CC(=O)Cc1cncs1. The maximum absolute atomic E-state index is 11.2. The molecule has 0 aromatic carbocycles. The van der Waals surface area contributed by atoms with E-state index in [4.69, 9.17) is 0 Å². The number of hydrogen-bond acceptors (Lipinski definition) is 3. The smallest absolute Gasteiger partial charge is 0.160 e. The van der Waals surface area contributed by atoms with E-state index in [-0.39, 0.29) is 5.78 Å². The Bertz CT molecular complexity index is 283. The Balaban J connectivity index is 2.54. The van der Waals surface area contributed by atoms with E-state index in [0.29, 0.717) is 6.42 Å². The highest BCUT2D eigenvalue weighted by Crippen LogP contribution is 2.07. The van der Waals surface area contributed by atoms with Crippen LogP contribution in [0.4, 0.5) is 0 Å². The van der Waals surface area contributed by atoms with Gasteiger partial charge in [-0.15, -0.1) is 11.3 Å². The summed E-state index contributed by atoms with van der Waals surface area (Å²) in [4.78, 5) is 16.1. The quantitative estimate of drug-likeness (QED) is 0.669. The monoisotopic (exact) mass is 181 g/mol. The first-order chi connectivity index (χ1) is 5.68. The lowest BCUT2D eigenvalue weighted by molar-refractivity contribution is -0.114. The van der Waals surface area contributed by atoms with E-state index in [9.17, 15) is 4.79 Å². The first-order valence-electron chi connectivity index (χ1n) is 3.73. The van der Waals surface area contributed by atoms with Crippen LogP contribution in [0.25, 0.3) is 0 Å². The summed E-state index contributed by atoms with van der Waals surface area (Å²) in [5.74, 6) is 0.152. The summed E-state index contributed by atoms with van der Waals surface area (Å²) in [7, 11) is 0. The van der Waals surface area contributed by atoms with Gasteiger partial charge in [0.15, 0.2) is 5.78 Å². The second-order valence-corrected chi connectivity index (χ2v) is 3.80. The van der Waals surface area contributed by atoms with Crippen LogP contribution in [-0.4, -0.2) is 10.8 Å². The summed E-state index contributed by atoms with van der Waals surface area (Å²) < 4.78 is 0. The van der Waals surface area contributed by atoms with Gasteiger partial charge in [-0.25, -0.2) is 0 Å². The van der Waals surface area contributed by atoms with Crippen LogP contribution >= 0.6 is 11.3 Å². The van der Waals surface area contributed by atoms with Gasteiger partial charge in [0.05, 0.1) is 5.51 Å². The molecule has 12 heavy (non-hydrogen) atoms. The van der Waals surface area contributed by atoms with E-state index in [1.807, 2.05) is 13.8 Å². The van der Waals surface area contributed by atoms with E-state index in [1.165, 1.54) is 11.3 Å². The van der Waals surface area contributed by atoms with Crippen LogP contribution in [0.1, 0.15) is 18.7 Å². The molecule has 3 heteroatoms. The predicted molar refractivity (Wildman–Crippen MR) is 50.3 cm³/mol. The highest BCUT2D eigenvalue weighted by atomic mass is 32.1. The molecule has 0 N–H and O–H groups in total. The summed E-state index contributed by atoms with van der Waals surface area (Å²) >= 11 is 1.52. The second-order valence-electron chi connectivity index (χ2n) is 2.83. The van der Waals surface area contributed by atoms with E-state index in [0.717, 1.165) is 10.5 Å². The number of carbonyl (C=O) groups excluding carboxylic acids is 1. The lowest BCUT2D eigenvalue weighted by Gasteiger charge is -1.91. The van der Waals surface area contributed by atoms with Gasteiger partial charge in [-0.1, -0.05) is 5.57 Å². The van der Waals surface area contributed by atoms with Crippen LogP contribution in [0.3, 0.4) is 0 Å². The summed E-state index contributed by atoms with van der Waals surface area (Å²) in [6.45, 7) is 3.84. The van der Waals surface area contributed by atoms with Crippen LogP contribution in [-0.2, 0) is 11.2 Å². The van der Waals surface area contributed by atoms with Crippen LogP contribution in [0.2, 0.25) is 0 Å². The molecule has 0 unspecified atom stereocenters. The predicted octanol–water partition coefficient (Wildman–Crippen LogP) is 2.22. The minimum atomic E-state index is 0.152. The first kappa shape index (κ1) is 9.13. The lowest BCUT2D eigenvalue weighted by Crippen LogP contribution is -1.96. The molecule has 0 fully saturated rings. The van der Waals surface area contributed by atoms with Crippen molar-refractivity contribution in [1.29, 1.82) is 0 Å². The topological polar surface area (TPSA) is 30.0 Å². The molecule has 0 amide bonds. The van der Waals surface area contributed by atoms with E-state index in [1.54, 1.807) is 17.8 Å². The standard InChI is InChI=1S/C9H11NOS/c1-7(2)3-8(11)4-9-5-10-6-12-9/h3,5-6H,4H2,1-2H3. The van der Waals surface area contributed by atoms with Crippen molar-refractivity contribution >= 4 is 17.1 Å². The molecule has 1 rings (SSSR count). The molecule has 0 aliphatic heterocycles. The largest absolute Gasteiger partial charge is 0.294 e. The third kappa shape index (κ3) is 2.96. The zero-order valence-electron chi connectivity index (χ0n) is 7.20. The van der Waals surface area contributed by atoms with Crippen LogP contribution in [0.5, 0.6) is 0 Å². The number of aromatic nitrogens is 1. The molecule has 2 nitrogen and oxygen atoms in total. The normalized spacial score (nSPS) is 9.50. The zero-order chi connectivity index (χ0) is 8.97. The van der Waals surface area contributed by atoms with Crippen molar-refractivity contribution in [3.8, 4) is 0 Å². The molecule has 0 saturated heterocycles. The zero-order valence-corrected chi connectivity index (χ0v) is 8.02. The molecular formula is C9H11NOS. The molecule has 0 spiro atoms. The van der Waals surface area contributed by atoms with Crippen LogP contribution in [0, 0.1) is 0 Å². The molecule has 0 bridgehead atoms. The van der Waals surface area contributed by atoms with Gasteiger partial charge in [-0.3, -0.25) is 9.78 Å². The molecule has 1 aromatic rings. The summed E-state index contributed by atoms with van der Waals surface area (Å²) in [6.07, 6.45) is 3.89. The van der Waals surface area contributed by atoms with E-state index in [2.05, 4.69) is 4.98 Å². The number of ketones is 1. The number of allylic oxidation sites excluding steroid dienone is 2. The van der Waals surface area contributed by atoms with Crippen molar-refractivity contribution in [2.75, 3.05) is 0 Å². The maximum Gasteiger partial charge on any atom is 0.160 e. The average molecular weight is 181 g/mol. The summed E-state index contributed by atoms with van der Waals surface area (Å²) in [6, 6.07) is 0. The van der Waals surface area contributed by atoms with Gasteiger partial charge in [0.1, 0.15) is 0 Å². The lowest BCUT2D eigenvalue weighted by atomic mass is 10.2. The highest BCUT2D eigenvalue weighted by molar-refractivity contribution is 7.09. The third-order valence-electron chi connectivity index (χ3n) is 1.28. The highest BCUT2D eigenvalue weighted by Gasteiger charge is 2.00. The Morgan fingerprint density at radius 2 is 2.42 bits per heavy atom. The minimum absolute atomic E-state index is 0.152. The fourth-order valence-corrected chi connectivity index (χ4v) is 1.48. The Morgan fingerprint density at radius 3 is 2.92 bits per heavy atom. The number of carbonyl (C=O) groups is 1. The van der Waals surface area contributed by atoms with Gasteiger partial charge in [0.25, 0.3) is 0 Å². The van der Waals surface area contributed by atoms with Crippen LogP contribution in [0.15, 0.2) is 23.4 Å². The molecule has 1 aromatic heterocycles. The average Bonchev–Trinajstić information content (AvgIpc) is 2.37. The molecule has 0 radical (unpaired) electrons. The fourth-order valence-electron chi connectivity index (χ4n) is 0.874. The molecule has 0 aliphatic carbocycles. The van der Waals surface area contributed by atoms with Crippen molar-refractivity contribution in [2.24, 2.45) is 0 Å². The molecule has 1 heterocycles. The Labute approximate surface area is 76.0 Å². The van der Waals surface area contributed by atoms with Gasteiger partial charge >= 0.3 is 0 Å². The summed E-state index contributed by atoms with van der Waals surface area (Å²) in [5, 5.41) is 0. The Hall–Kier alpha value is -0.960. The molecule has 0 saturated carbocycles. The fraction of sp³-hybridized carbons (Fsp3) is 0.333. The van der Waals surface area contributed by atoms with Crippen molar-refractivity contribution in [3.63, 3.8) is 0 Å². The van der Waals surface area contributed by atoms with Gasteiger partial charge in [-0.2, -0.15) is 0 Å². The minimum Gasteiger partial charge on any atom is -0.294 e. The maximum atomic E-state index is 11.2. The van der Waals surface area contributed by atoms with E-state index < -0.39 is 0 Å². The number of nitrogens with zero attached hydrogens (tertiary/aromatic N) is 1. The van der Waals surface area contributed by atoms with Gasteiger partial charge < -0.3 is 0 Å². The van der Waals surface area contributed by atoms with Crippen molar-refractivity contribution in [3.05, 3.63) is 28.2 Å². The number of thiazole rings is 1.